The van der Waals surface area contributed by atoms with Crippen LogP contribution in [-0.4, -0.2) is 61.1 Å². The van der Waals surface area contributed by atoms with Gasteiger partial charge in [0.15, 0.2) is 0 Å². The van der Waals surface area contributed by atoms with Gasteiger partial charge in [-0.05, 0) is 51.1 Å². The molecule has 4 heteroatoms. The van der Waals surface area contributed by atoms with Gasteiger partial charge < -0.3 is 14.5 Å². The monoisotopic (exact) mass is 266 g/mol. The van der Waals surface area contributed by atoms with E-state index in [0.717, 1.165) is 51.1 Å². The van der Waals surface area contributed by atoms with E-state index in [1.54, 1.807) is 0 Å². The van der Waals surface area contributed by atoms with E-state index in [9.17, 15) is 4.79 Å². The number of nitrogens with zero attached hydrogens (tertiary/aromatic N) is 2. The summed E-state index contributed by atoms with van der Waals surface area (Å²) in [7, 11) is 0. The maximum Gasteiger partial charge on any atom is 0.222 e. The van der Waals surface area contributed by atoms with Crippen molar-refractivity contribution in [3.05, 3.63) is 0 Å². The Bertz CT molecular complexity index is 307. The first-order valence-corrected chi connectivity index (χ1v) is 7.92. The van der Waals surface area contributed by atoms with Crippen molar-refractivity contribution in [2.24, 2.45) is 5.92 Å². The maximum atomic E-state index is 11.7. The lowest BCUT2D eigenvalue weighted by Gasteiger charge is -2.40. The molecule has 19 heavy (non-hydrogen) atoms. The highest BCUT2D eigenvalue weighted by atomic mass is 16.5. The highest BCUT2D eigenvalue weighted by Crippen LogP contribution is 2.25. The van der Waals surface area contributed by atoms with Crippen molar-refractivity contribution in [3.8, 4) is 0 Å². The van der Waals surface area contributed by atoms with Crippen molar-refractivity contribution in [2.75, 3.05) is 39.4 Å². The van der Waals surface area contributed by atoms with Crippen LogP contribution >= 0.6 is 0 Å². The molecule has 0 bridgehead atoms. The molecule has 0 aliphatic carbocycles. The van der Waals surface area contributed by atoms with Gasteiger partial charge in [-0.25, -0.2) is 0 Å². The van der Waals surface area contributed by atoms with Gasteiger partial charge >= 0.3 is 0 Å². The fraction of sp³-hybridized carbons (Fsp3) is 0.933. The fourth-order valence-electron chi connectivity index (χ4n) is 3.76. The van der Waals surface area contributed by atoms with Gasteiger partial charge in [0.2, 0.25) is 5.91 Å². The average Bonchev–Trinajstić information content (AvgIpc) is 2.86. The minimum Gasteiger partial charge on any atom is -0.381 e. The Hall–Kier alpha value is -0.610. The van der Waals surface area contributed by atoms with Crippen LogP contribution in [-0.2, 0) is 9.53 Å². The predicted molar refractivity (Wildman–Crippen MR) is 74.0 cm³/mol. The van der Waals surface area contributed by atoms with Gasteiger partial charge in [-0.1, -0.05) is 0 Å². The number of carbonyl (C=O) groups is 1. The lowest BCUT2D eigenvalue weighted by molar-refractivity contribution is -0.128. The van der Waals surface area contributed by atoms with Crippen LogP contribution in [0.3, 0.4) is 0 Å². The van der Waals surface area contributed by atoms with Crippen molar-refractivity contribution in [2.45, 2.75) is 44.6 Å². The molecule has 4 nitrogen and oxygen atoms in total. The van der Waals surface area contributed by atoms with Gasteiger partial charge in [-0.3, -0.25) is 4.79 Å². The van der Waals surface area contributed by atoms with E-state index in [0.29, 0.717) is 5.91 Å². The summed E-state index contributed by atoms with van der Waals surface area (Å²) in [4.78, 5) is 16.4. The first-order chi connectivity index (χ1) is 9.33. The smallest absolute Gasteiger partial charge is 0.222 e. The van der Waals surface area contributed by atoms with Crippen LogP contribution in [0, 0.1) is 5.92 Å². The standard InChI is InChI=1S/C15H26N2O2/c18-15-2-1-7-17(15)12-13-3-8-16(9-4-13)14-5-10-19-11-6-14/h13-14H,1-12H2. The topological polar surface area (TPSA) is 32.8 Å². The number of rotatable bonds is 3. The van der Waals surface area contributed by atoms with E-state index in [1.807, 2.05) is 0 Å². The average molecular weight is 266 g/mol. The van der Waals surface area contributed by atoms with Gasteiger partial charge in [0.25, 0.3) is 0 Å². The maximum absolute atomic E-state index is 11.7. The van der Waals surface area contributed by atoms with Crippen LogP contribution in [0.4, 0.5) is 0 Å². The second kappa shape index (κ2) is 6.23. The van der Waals surface area contributed by atoms with Crippen molar-refractivity contribution in [3.63, 3.8) is 0 Å². The van der Waals surface area contributed by atoms with E-state index >= 15 is 0 Å². The van der Waals surface area contributed by atoms with Gasteiger partial charge in [-0.2, -0.15) is 0 Å². The van der Waals surface area contributed by atoms with Gasteiger partial charge in [0, 0.05) is 38.8 Å². The fourth-order valence-corrected chi connectivity index (χ4v) is 3.76. The summed E-state index contributed by atoms with van der Waals surface area (Å²) in [5.41, 5.74) is 0. The molecule has 3 fully saturated rings. The Morgan fingerprint density at radius 2 is 1.79 bits per heavy atom. The van der Waals surface area contributed by atoms with Crippen molar-refractivity contribution in [1.82, 2.24) is 9.80 Å². The third-order valence-corrected chi connectivity index (χ3v) is 5.01. The third-order valence-electron chi connectivity index (χ3n) is 5.01. The van der Waals surface area contributed by atoms with E-state index in [-0.39, 0.29) is 0 Å². The zero-order valence-corrected chi connectivity index (χ0v) is 11.9. The number of likely N-dealkylation sites (tertiary alicyclic amines) is 2. The first-order valence-electron chi connectivity index (χ1n) is 7.92. The van der Waals surface area contributed by atoms with Crippen LogP contribution < -0.4 is 0 Å². The van der Waals surface area contributed by atoms with E-state index in [1.165, 1.54) is 38.8 Å². The number of hydrogen-bond donors (Lipinski definition) is 0. The summed E-state index contributed by atoms with van der Waals surface area (Å²) < 4.78 is 5.44. The van der Waals surface area contributed by atoms with Crippen LogP contribution in [0.5, 0.6) is 0 Å². The molecule has 3 aliphatic heterocycles. The molecule has 0 radical (unpaired) electrons. The lowest BCUT2D eigenvalue weighted by Crippen LogP contribution is -2.45. The predicted octanol–water partition coefficient (Wildman–Crippen LogP) is 1.50. The SMILES string of the molecule is O=C1CCCN1CC1CCN(C2CCOCC2)CC1. The minimum absolute atomic E-state index is 0.381. The Balaban J connectivity index is 1.42. The number of carbonyl (C=O) groups excluding carboxylic acids is 1. The summed E-state index contributed by atoms with van der Waals surface area (Å²) >= 11 is 0. The van der Waals surface area contributed by atoms with Gasteiger partial charge in [0.1, 0.15) is 0 Å². The van der Waals surface area contributed by atoms with E-state index < -0.39 is 0 Å². The molecule has 1 amide bonds. The van der Waals surface area contributed by atoms with Gasteiger partial charge in [-0.15, -0.1) is 0 Å². The molecule has 3 rings (SSSR count). The molecule has 0 aromatic rings. The summed E-state index contributed by atoms with van der Waals surface area (Å²) in [6, 6.07) is 0.753. The lowest BCUT2D eigenvalue weighted by atomic mass is 9.94. The molecule has 0 unspecified atom stereocenters. The Labute approximate surface area is 116 Å². The molecule has 0 N–H and O–H groups in total. The molecular weight excluding hydrogens is 240 g/mol. The summed E-state index contributed by atoms with van der Waals surface area (Å²) in [5, 5.41) is 0. The summed E-state index contributed by atoms with van der Waals surface area (Å²) in [6.07, 6.45) is 6.79. The minimum atomic E-state index is 0.381. The van der Waals surface area contributed by atoms with Crippen molar-refractivity contribution in [1.29, 1.82) is 0 Å². The first kappa shape index (κ1) is 13.4. The zero-order chi connectivity index (χ0) is 13.1. The van der Waals surface area contributed by atoms with E-state index in [4.69, 9.17) is 4.74 Å². The Morgan fingerprint density at radius 1 is 1.05 bits per heavy atom. The van der Waals surface area contributed by atoms with Crippen molar-refractivity contribution < 1.29 is 9.53 Å². The van der Waals surface area contributed by atoms with Crippen LogP contribution in [0.1, 0.15) is 38.5 Å². The highest BCUT2D eigenvalue weighted by Gasteiger charge is 2.29. The normalized spacial score (nSPS) is 28.2. The number of amides is 1. The summed E-state index contributed by atoms with van der Waals surface area (Å²) in [6.45, 7) is 6.33. The molecule has 0 spiro atoms. The number of ether oxygens (including phenoxy) is 1. The largest absolute Gasteiger partial charge is 0.381 e. The third kappa shape index (κ3) is 3.29. The second-order valence-electron chi connectivity index (χ2n) is 6.27. The van der Waals surface area contributed by atoms with E-state index in [2.05, 4.69) is 9.80 Å². The number of hydrogen-bond acceptors (Lipinski definition) is 3. The molecule has 108 valence electrons. The molecule has 0 aromatic heterocycles. The number of piperidine rings is 1. The molecule has 0 aromatic carbocycles. The quantitative estimate of drug-likeness (QED) is 0.776. The zero-order valence-electron chi connectivity index (χ0n) is 11.9. The molecule has 3 saturated heterocycles. The molecule has 3 aliphatic rings. The van der Waals surface area contributed by atoms with Crippen LogP contribution in [0.25, 0.3) is 0 Å². The molecule has 0 saturated carbocycles. The Morgan fingerprint density at radius 3 is 2.42 bits per heavy atom. The van der Waals surface area contributed by atoms with Crippen LogP contribution in [0.2, 0.25) is 0 Å². The van der Waals surface area contributed by atoms with Crippen molar-refractivity contribution >= 4 is 5.91 Å². The second-order valence-corrected chi connectivity index (χ2v) is 6.27. The van der Waals surface area contributed by atoms with Crippen LogP contribution in [0.15, 0.2) is 0 Å². The Kier molecular flexibility index (Phi) is 4.38. The molecular formula is C15H26N2O2. The molecule has 3 heterocycles. The van der Waals surface area contributed by atoms with Gasteiger partial charge in [0.05, 0.1) is 0 Å². The molecule has 0 atom stereocenters. The highest BCUT2D eigenvalue weighted by molar-refractivity contribution is 5.78. The summed E-state index contributed by atoms with van der Waals surface area (Å²) in [5.74, 6) is 1.12.